The molecule has 0 aromatic heterocycles. The number of carbonyl (C=O) groups excluding carboxylic acids is 1. The molecule has 0 aliphatic carbocycles. The Hall–Kier alpha value is -2.02. The van der Waals surface area contributed by atoms with E-state index in [1.54, 1.807) is 18.2 Å². The molecule has 2 aromatic rings. The summed E-state index contributed by atoms with van der Waals surface area (Å²) in [5, 5.41) is -0.117. The normalized spacial score (nSPS) is 18.1. The molecule has 2 nitrogen and oxygen atoms in total. The monoisotopic (exact) mass is 369 g/mol. The standard InChI is InChI=1S/C18H15F4NOS/c19-13-4-2-1-3-11(13)15-7-8-23(9-10-25-15)18(24)12-5-6-14(20)17(22)16(12)21/h1-6,15H,7-10H2. The van der Waals surface area contributed by atoms with Crippen molar-refractivity contribution >= 4 is 17.7 Å². The molecule has 1 saturated heterocycles. The Bertz CT molecular complexity index is 799. The van der Waals surface area contributed by atoms with Crippen LogP contribution in [0.5, 0.6) is 0 Å². The topological polar surface area (TPSA) is 20.3 Å². The molecule has 7 heteroatoms. The summed E-state index contributed by atoms with van der Waals surface area (Å²) in [6.45, 7) is 0.607. The van der Waals surface area contributed by atoms with E-state index in [4.69, 9.17) is 0 Å². The number of amides is 1. The van der Waals surface area contributed by atoms with Gasteiger partial charge in [0.05, 0.1) is 5.56 Å². The number of rotatable bonds is 2. The van der Waals surface area contributed by atoms with E-state index < -0.39 is 28.9 Å². The number of benzene rings is 2. The van der Waals surface area contributed by atoms with E-state index in [1.165, 1.54) is 22.7 Å². The first-order valence-electron chi connectivity index (χ1n) is 7.78. The van der Waals surface area contributed by atoms with Gasteiger partial charge in [0.2, 0.25) is 0 Å². The minimum Gasteiger partial charge on any atom is -0.338 e. The van der Waals surface area contributed by atoms with Crippen molar-refractivity contribution in [1.82, 2.24) is 4.90 Å². The van der Waals surface area contributed by atoms with Gasteiger partial charge in [-0.1, -0.05) is 18.2 Å². The maximum absolute atomic E-state index is 13.9. The minimum atomic E-state index is -1.65. The fourth-order valence-electron chi connectivity index (χ4n) is 2.82. The first kappa shape index (κ1) is 17.8. The Kier molecular flexibility index (Phi) is 5.32. The molecule has 1 aliphatic rings. The number of halogens is 4. The number of thioether (sulfide) groups is 1. The molecule has 132 valence electrons. The Morgan fingerprint density at radius 2 is 1.72 bits per heavy atom. The van der Waals surface area contributed by atoms with Crippen molar-refractivity contribution in [3.8, 4) is 0 Å². The van der Waals surface area contributed by atoms with Crippen LogP contribution in [0.25, 0.3) is 0 Å². The molecule has 1 heterocycles. The zero-order chi connectivity index (χ0) is 18.0. The summed E-state index contributed by atoms with van der Waals surface area (Å²) in [4.78, 5) is 13.9. The van der Waals surface area contributed by atoms with Gasteiger partial charge in [-0.3, -0.25) is 4.79 Å². The Morgan fingerprint density at radius 3 is 2.48 bits per heavy atom. The summed E-state index contributed by atoms with van der Waals surface area (Å²) < 4.78 is 54.2. The lowest BCUT2D eigenvalue weighted by Gasteiger charge is -2.21. The van der Waals surface area contributed by atoms with Gasteiger partial charge < -0.3 is 4.90 Å². The maximum Gasteiger partial charge on any atom is 0.256 e. The van der Waals surface area contributed by atoms with Crippen LogP contribution >= 0.6 is 11.8 Å². The molecule has 25 heavy (non-hydrogen) atoms. The van der Waals surface area contributed by atoms with E-state index in [1.807, 2.05) is 0 Å². The number of hydrogen-bond acceptors (Lipinski definition) is 2. The summed E-state index contributed by atoms with van der Waals surface area (Å²) in [5.74, 6) is -4.92. The second kappa shape index (κ2) is 7.47. The highest BCUT2D eigenvalue weighted by molar-refractivity contribution is 7.99. The molecular formula is C18H15F4NOS. The lowest BCUT2D eigenvalue weighted by Crippen LogP contribution is -2.33. The average molecular weight is 369 g/mol. The van der Waals surface area contributed by atoms with Crippen molar-refractivity contribution in [2.75, 3.05) is 18.8 Å². The van der Waals surface area contributed by atoms with Gasteiger partial charge in [-0.25, -0.2) is 17.6 Å². The van der Waals surface area contributed by atoms with Crippen molar-refractivity contribution in [1.29, 1.82) is 0 Å². The molecule has 2 aromatic carbocycles. The van der Waals surface area contributed by atoms with Crippen LogP contribution < -0.4 is 0 Å². The molecule has 0 bridgehead atoms. The third-order valence-corrected chi connectivity index (χ3v) is 5.46. The maximum atomic E-state index is 13.9. The quantitative estimate of drug-likeness (QED) is 0.571. The fraction of sp³-hybridized carbons (Fsp3) is 0.278. The van der Waals surface area contributed by atoms with Gasteiger partial charge in [0.1, 0.15) is 5.82 Å². The Balaban J connectivity index is 1.76. The van der Waals surface area contributed by atoms with E-state index in [0.29, 0.717) is 24.3 Å². The molecule has 1 amide bonds. The van der Waals surface area contributed by atoms with Crippen LogP contribution in [0.2, 0.25) is 0 Å². The molecule has 0 saturated carbocycles. The van der Waals surface area contributed by atoms with Gasteiger partial charge in [-0.2, -0.15) is 11.8 Å². The molecule has 1 unspecified atom stereocenters. The first-order valence-corrected chi connectivity index (χ1v) is 8.82. The molecule has 1 fully saturated rings. The fourth-order valence-corrected chi connectivity index (χ4v) is 4.07. The van der Waals surface area contributed by atoms with Crippen LogP contribution in [-0.4, -0.2) is 29.6 Å². The van der Waals surface area contributed by atoms with Gasteiger partial charge in [0.15, 0.2) is 17.5 Å². The van der Waals surface area contributed by atoms with Crippen LogP contribution in [0, 0.1) is 23.3 Å². The van der Waals surface area contributed by atoms with E-state index in [2.05, 4.69) is 0 Å². The third-order valence-electron chi connectivity index (χ3n) is 4.15. The molecule has 1 aliphatic heterocycles. The highest BCUT2D eigenvalue weighted by Gasteiger charge is 2.27. The molecule has 0 radical (unpaired) electrons. The Morgan fingerprint density at radius 1 is 0.960 bits per heavy atom. The molecular weight excluding hydrogens is 354 g/mol. The van der Waals surface area contributed by atoms with Gasteiger partial charge in [0, 0.05) is 29.7 Å². The van der Waals surface area contributed by atoms with Crippen LogP contribution in [-0.2, 0) is 0 Å². The minimum absolute atomic E-state index is 0.117. The van der Waals surface area contributed by atoms with Crippen molar-refractivity contribution < 1.29 is 22.4 Å². The molecule has 0 N–H and O–H groups in total. The van der Waals surface area contributed by atoms with Crippen LogP contribution in [0.4, 0.5) is 17.6 Å². The lowest BCUT2D eigenvalue weighted by molar-refractivity contribution is 0.0760. The predicted octanol–water partition coefficient (Wildman–Crippen LogP) is 4.56. The summed E-state index contributed by atoms with van der Waals surface area (Å²) in [6, 6.07) is 8.15. The zero-order valence-corrected chi connectivity index (χ0v) is 14.0. The van der Waals surface area contributed by atoms with E-state index >= 15 is 0 Å². The highest BCUT2D eigenvalue weighted by Crippen LogP contribution is 2.36. The largest absolute Gasteiger partial charge is 0.338 e. The lowest BCUT2D eigenvalue weighted by atomic mass is 10.1. The van der Waals surface area contributed by atoms with Crippen LogP contribution in [0.1, 0.15) is 27.6 Å². The summed E-state index contributed by atoms with van der Waals surface area (Å²) in [6.07, 6.45) is 0.489. The van der Waals surface area contributed by atoms with Crippen LogP contribution in [0.3, 0.4) is 0 Å². The van der Waals surface area contributed by atoms with Crippen molar-refractivity contribution in [2.24, 2.45) is 0 Å². The highest BCUT2D eigenvalue weighted by atomic mass is 32.2. The Labute approximate surface area is 146 Å². The molecule has 3 rings (SSSR count). The van der Waals surface area contributed by atoms with Crippen molar-refractivity contribution in [3.63, 3.8) is 0 Å². The van der Waals surface area contributed by atoms with E-state index in [0.717, 1.165) is 12.1 Å². The number of nitrogens with zero attached hydrogens (tertiary/aromatic N) is 1. The van der Waals surface area contributed by atoms with Gasteiger partial charge in [-0.15, -0.1) is 0 Å². The molecule has 1 atom stereocenters. The summed E-state index contributed by atoms with van der Waals surface area (Å²) in [5.41, 5.74) is 0.0778. The van der Waals surface area contributed by atoms with Gasteiger partial charge in [0.25, 0.3) is 5.91 Å². The second-order valence-corrected chi connectivity index (χ2v) is 7.00. The van der Waals surface area contributed by atoms with Crippen LogP contribution in [0.15, 0.2) is 36.4 Å². The van der Waals surface area contributed by atoms with Gasteiger partial charge >= 0.3 is 0 Å². The molecule has 0 spiro atoms. The van der Waals surface area contributed by atoms with E-state index in [9.17, 15) is 22.4 Å². The van der Waals surface area contributed by atoms with Gasteiger partial charge in [-0.05, 0) is 24.6 Å². The second-order valence-electron chi connectivity index (χ2n) is 5.68. The predicted molar refractivity (Wildman–Crippen MR) is 88.4 cm³/mol. The van der Waals surface area contributed by atoms with E-state index in [-0.39, 0.29) is 17.6 Å². The smallest absolute Gasteiger partial charge is 0.256 e. The zero-order valence-electron chi connectivity index (χ0n) is 13.1. The number of hydrogen-bond donors (Lipinski definition) is 0. The number of carbonyl (C=O) groups is 1. The average Bonchev–Trinajstić information content (AvgIpc) is 2.86. The van der Waals surface area contributed by atoms with Crippen molar-refractivity contribution in [3.05, 3.63) is 70.8 Å². The SMILES string of the molecule is O=C(c1ccc(F)c(F)c1F)N1CCSC(c2ccccc2F)CC1. The third kappa shape index (κ3) is 3.66. The van der Waals surface area contributed by atoms with Crippen molar-refractivity contribution in [2.45, 2.75) is 11.7 Å². The first-order chi connectivity index (χ1) is 12.0. The summed E-state index contributed by atoms with van der Waals surface area (Å²) >= 11 is 1.52. The summed E-state index contributed by atoms with van der Waals surface area (Å²) in [7, 11) is 0.